The van der Waals surface area contributed by atoms with Crippen molar-refractivity contribution < 1.29 is 5.11 Å². The third kappa shape index (κ3) is 3.55. The third-order valence-electron chi connectivity index (χ3n) is 3.78. The lowest BCUT2D eigenvalue weighted by molar-refractivity contribution is 0.397. The molecule has 0 aliphatic heterocycles. The van der Waals surface area contributed by atoms with Gasteiger partial charge in [0.15, 0.2) is 5.75 Å². The molecule has 4 nitrogen and oxygen atoms in total. The summed E-state index contributed by atoms with van der Waals surface area (Å²) in [6, 6.07) is 7.97. The summed E-state index contributed by atoms with van der Waals surface area (Å²) in [6.07, 6.45) is 4.05. The summed E-state index contributed by atoms with van der Waals surface area (Å²) < 4.78 is 0. The summed E-state index contributed by atoms with van der Waals surface area (Å²) in [6.45, 7) is 0.798. The van der Waals surface area contributed by atoms with E-state index in [9.17, 15) is 5.11 Å². The number of aromatic nitrogens is 1. The zero-order valence-corrected chi connectivity index (χ0v) is 14.6. The van der Waals surface area contributed by atoms with Gasteiger partial charge in [-0.2, -0.15) is 0 Å². The Hall–Kier alpha value is -1.49. The second kappa shape index (κ2) is 6.56. The van der Waals surface area contributed by atoms with Gasteiger partial charge in [-0.05, 0) is 51.2 Å². The van der Waals surface area contributed by atoms with E-state index in [1.54, 1.807) is 6.07 Å². The molecule has 0 atom stereocenters. The van der Waals surface area contributed by atoms with Crippen LogP contribution in [0.4, 0.5) is 11.4 Å². The average molecular weight is 352 g/mol. The van der Waals surface area contributed by atoms with Crippen molar-refractivity contribution in [2.45, 2.75) is 25.4 Å². The molecule has 1 aliphatic carbocycles. The summed E-state index contributed by atoms with van der Waals surface area (Å²) in [7, 11) is 4.03. The first-order valence-electron chi connectivity index (χ1n) is 7.53. The van der Waals surface area contributed by atoms with E-state index in [-0.39, 0.29) is 15.8 Å². The normalized spacial score (nSPS) is 14.3. The highest BCUT2D eigenvalue weighted by Crippen LogP contribution is 2.45. The lowest BCUT2D eigenvalue weighted by atomic mass is 10.2. The van der Waals surface area contributed by atoms with Gasteiger partial charge in [-0.1, -0.05) is 23.2 Å². The Labute approximate surface area is 146 Å². The molecular weight excluding hydrogens is 333 g/mol. The number of phenols is 1. The average Bonchev–Trinajstić information content (AvgIpc) is 3.33. The molecule has 122 valence electrons. The predicted octanol–water partition coefficient (Wildman–Crippen LogP) is 4.46. The lowest BCUT2D eigenvalue weighted by Gasteiger charge is -2.26. The standard InChI is InChI=1S/C17H19Cl2N3O/c1-21(2)10-11-3-4-13(9-20-11)22(12-5-6-12)15-8-7-14(18)17(23)16(15)19/h3-4,7-9,12,23H,5-6,10H2,1-2H3. The minimum absolute atomic E-state index is 0.0753. The van der Waals surface area contributed by atoms with Gasteiger partial charge in [0.2, 0.25) is 0 Å². The maximum Gasteiger partial charge on any atom is 0.154 e. The first-order chi connectivity index (χ1) is 11.0. The van der Waals surface area contributed by atoms with Crippen LogP contribution in [0.2, 0.25) is 10.0 Å². The number of hydrogen-bond donors (Lipinski definition) is 1. The first-order valence-corrected chi connectivity index (χ1v) is 8.29. The van der Waals surface area contributed by atoms with Crippen LogP contribution in [-0.4, -0.2) is 35.1 Å². The molecular formula is C17H19Cl2N3O. The van der Waals surface area contributed by atoms with E-state index in [4.69, 9.17) is 23.2 Å². The van der Waals surface area contributed by atoms with E-state index >= 15 is 0 Å². The van der Waals surface area contributed by atoms with E-state index in [1.807, 2.05) is 38.5 Å². The Morgan fingerprint density at radius 2 is 1.91 bits per heavy atom. The number of nitrogens with zero attached hydrogens (tertiary/aromatic N) is 3. The quantitative estimate of drug-likeness (QED) is 0.863. The van der Waals surface area contributed by atoms with Gasteiger partial charge in [0.1, 0.15) is 5.02 Å². The van der Waals surface area contributed by atoms with Crippen molar-refractivity contribution in [1.29, 1.82) is 0 Å². The van der Waals surface area contributed by atoms with E-state index in [2.05, 4.69) is 14.8 Å². The maximum atomic E-state index is 10.0. The molecule has 0 unspecified atom stereocenters. The highest BCUT2D eigenvalue weighted by Gasteiger charge is 2.32. The molecule has 1 heterocycles. The van der Waals surface area contributed by atoms with Crippen LogP contribution in [0.25, 0.3) is 0 Å². The molecule has 1 aromatic heterocycles. The van der Waals surface area contributed by atoms with Crippen molar-refractivity contribution in [3.8, 4) is 5.75 Å². The van der Waals surface area contributed by atoms with Gasteiger partial charge in [-0.15, -0.1) is 0 Å². The summed E-state index contributed by atoms with van der Waals surface area (Å²) in [5.41, 5.74) is 2.75. The molecule has 0 spiro atoms. The predicted molar refractivity (Wildman–Crippen MR) is 94.9 cm³/mol. The van der Waals surface area contributed by atoms with Gasteiger partial charge >= 0.3 is 0 Å². The molecule has 0 radical (unpaired) electrons. The Balaban J connectivity index is 1.95. The van der Waals surface area contributed by atoms with Gasteiger partial charge in [0, 0.05) is 12.6 Å². The van der Waals surface area contributed by atoms with Gasteiger partial charge in [-0.3, -0.25) is 4.98 Å². The van der Waals surface area contributed by atoms with Crippen molar-refractivity contribution in [3.05, 3.63) is 46.2 Å². The van der Waals surface area contributed by atoms with E-state index < -0.39 is 0 Å². The van der Waals surface area contributed by atoms with Crippen LogP contribution in [-0.2, 0) is 6.54 Å². The van der Waals surface area contributed by atoms with E-state index in [0.717, 1.165) is 36.5 Å². The largest absolute Gasteiger partial charge is 0.505 e. The van der Waals surface area contributed by atoms with Crippen molar-refractivity contribution in [3.63, 3.8) is 0 Å². The molecule has 1 fully saturated rings. The fourth-order valence-electron chi connectivity index (χ4n) is 2.57. The van der Waals surface area contributed by atoms with Crippen molar-refractivity contribution in [2.24, 2.45) is 0 Å². The monoisotopic (exact) mass is 351 g/mol. The molecule has 3 rings (SSSR count). The lowest BCUT2D eigenvalue weighted by Crippen LogP contribution is -2.20. The Kier molecular flexibility index (Phi) is 4.67. The third-order valence-corrected chi connectivity index (χ3v) is 4.46. The topological polar surface area (TPSA) is 39.6 Å². The highest BCUT2D eigenvalue weighted by atomic mass is 35.5. The van der Waals surface area contributed by atoms with E-state index in [1.165, 1.54) is 0 Å². The second-order valence-corrected chi connectivity index (χ2v) is 6.86. The van der Waals surface area contributed by atoms with Crippen LogP contribution < -0.4 is 4.90 Å². The maximum absolute atomic E-state index is 10.0. The number of benzene rings is 1. The van der Waals surface area contributed by atoms with Crippen LogP contribution >= 0.6 is 23.2 Å². The highest BCUT2D eigenvalue weighted by molar-refractivity contribution is 6.39. The minimum Gasteiger partial charge on any atom is -0.505 e. The van der Waals surface area contributed by atoms with Gasteiger partial charge in [0.05, 0.1) is 28.3 Å². The number of rotatable bonds is 5. The minimum atomic E-state index is -0.0753. The number of halogens is 2. The van der Waals surface area contributed by atoms with Gasteiger partial charge in [-0.25, -0.2) is 0 Å². The van der Waals surface area contributed by atoms with Gasteiger partial charge < -0.3 is 14.9 Å². The molecule has 0 saturated heterocycles. The van der Waals surface area contributed by atoms with E-state index in [0.29, 0.717) is 6.04 Å². The Morgan fingerprint density at radius 1 is 1.17 bits per heavy atom. The number of anilines is 2. The molecule has 1 saturated carbocycles. The van der Waals surface area contributed by atoms with Crippen molar-refractivity contribution in [1.82, 2.24) is 9.88 Å². The zero-order valence-electron chi connectivity index (χ0n) is 13.1. The molecule has 0 bridgehead atoms. The SMILES string of the molecule is CN(C)Cc1ccc(N(c2ccc(Cl)c(O)c2Cl)C2CC2)cn1. The zero-order chi connectivity index (χ0) is 16.6. The van der Waals surface area contributed by atoms with Crippen LogP contribution in [0.1, 0.15) is 18.5 Å². The molecule has 1 N–H and O–H groups in total. The Bertz CT molecular complexity index is 700. The molecule has 1 aromatic carbocycles. The summed E-state index contributed by atoms with van der Waals surface area (Å²) in [4.78, 5) is 8.74. The summed E-state index contributed by atoms with van der Waals surface area (Å²) in [5.74, 6) is -0.0753. The smallest absolute Gasteiger partial charge is 0.154 e. The second-order valence-electron chi connectivity index (χ2n) is 6.08. The van der Waals surface area contributed by atoms with Crippen molar-refractivity contribution >= 4 is 34.6 Å². The number of hydrogen-bond acceptors (Lipinski definition) is 4. The first kappa shape index (κ1) is 16.4. The van der Waals surface area contributed by atoms with Crippen LogP contribution in [0, 0.1) is 0 Å². The molecule has 2 aromatic rings. The number of phenolic OH excluding ortho intramolecular Hbond substituents is 1. The number of pyridine rings is 1. The fourth-order valence-corrected chi connectivity index (χ4v) is 3.03. The summed E-state index contributed by atoms with van der Waals surface area (Å²) in [5, 5.41) is 10.6. The van der Waals surface area contributed by atoms with Crippen LogP contribution in [0.3, 0.4) is 0 Å². The van der Waals surface area contributed by atoms with Crippen LogP contribution in [0.5, 0.6) is 5.75 Å². The Morgan fingerprint density at radius 3 is 2.48 bits per heavy atom. The molecule has 0 amide bonds. The van der Waals surface area contributed by atoms with Gasteiger partial charge in [0.25, 0.3) is 0 Å². The molecule has 23 heavy (non-hydrogen) atoms. The number of aromatic hydroxyl groups is 1. The summed E-state index contributed by atoms with van der Waals surface area (Å²) >= 11 is 12.2. The molecule has 6 heteroatoms. The molecule has 1 aliphatic rings. The fraction of sp³-hybridized carbons (Fsp3) is 0.353. The van der Waals surface area contributed by atoms with Crippen molar-refractivity contribution in [2.75, 3.05) is 19.0 Å². The van der Waals surface area contributed by atoms with Crippen LogP contribution in [0.15, 0.2) is 30.5 Å².